The van der Waals surface area contributed by atoms with Crippen LogP contribution in [0.1, 0.15) is 36.3 Å². The minimum absolute atomic E-state index is 0.0408. The molecule has 94 valence electrons. The Morgan fingerprint density at radius 3 is 2.76 bits per heavy atom. The molecule has 1 amide bonds. The molecule has 0 aliphatic carbocycles. The number of aryl methyl sites for hydroxylation is 1. The zero-order valence-electron chi connectivity index (χ0n) is 10.8. The number of nitrogens with two attached hydrogens (primary N) is 1. The van der Waals surface area contributed by atoms with Gasteiger partial charge in [0.1, 0.15) is 0 Å². The standard InChI is InChI=1S/C13H21N3O/c1-10(2)16(9-5-7-14)13(17)12-6-4-8-15-11(12)3/h4,6,8,10H,5,7,9,14H2,1-3H3. The van der Waals surface area contributed by atoms with Gasteiger partial charge in [0.15, 0.2) is 0 Å². The fourth-order valence-electron chi connectivity index (χ4n) is 1.72. The van der Waals surface area contributed by atoms with E-state index in [2.05, 4.69) is 4.98 Å². The summed E-state index contributed by atoms with van der Waals surface area (Å²) in [6.45, 7) is 7.18. The molecule has 0 saturated heterocycles. The minimum Gasteiger partial charge on any atom is -0.336 e. The largest absolute Gasteiger partial charge is 0.336 e. The first-order valence-corrected chi connectivity index (χ1v) is 6.00. The Hall–Kier alpha value is -1.42. The summed E-state index contributed by atoms with van der Waals surface area (Å²) in [5.74, 6) is 0.0408. The third kappa shape index (κ3) is 3.53. The van der Waals surface area contributed by atoms with Gasteiger partial charge in [0.25, 0.3) is 5.91 Å². The molecule has 4 heteroatoms. The van der Waals surface area contributed by atoms with Gasteiger partial charge in [-0.05, 0) is 45.9 Å². The molecule has 0 saturated carbocycles. The van der Waals surface area contributed by atoms with E-state index in [0.29, 0.717) is 18.7 Å². The molecule has 0 radical (unpaired) electrons. The zero-order chi connectivity index (χ0) is 12.8. The van der Waals surface area contributed by atoms with Crippen LogP contribution < -0.4 is 5.73 Å². The first-order chi connectivity index (χ1) is 8.07. The molecule has 4 nitrogen and oxygen atoms in total. The lowest BCUT2D eigenvalue weighted by atomic mass is 10.1. The number of nitrogens with zero attached hydrogens (tertiary/aromatic N) is 2. The lowest BCUT2D eigenvalue weighted by Gasteiger charge is -2.27. The van der Waals surface area contributed by atoms with Gasteiger partial charge >= 0.3 is 0 Å². The fourth-order valence-corrected chi connectivity index (χ4v) is 1.72. The highest BCUT2D eigenvalue weighted by atomic mass is 16.2. The van der Waals surface area contributed by atoms with Gasteiger partial charge in [-0.15, -0.1) is 0 Å². The molecule has 2 N–H and O–H groups in total. The van der Waals surface area contributed by atoms with Crippen molar-refractivity contribution in [3.05, 3.63) is 29.6 Å². The summed E-state index contributed by atoms with van der Waals surface area (Å²) in [6, 6.07) is 3.79. The fraction of sp³-hybridized carbons (Fsp3) is 0.538. The highest BCUT2D eigenvalue weighted by molar-refractivity contribution is 5.95. The second-order valence-corrected chi connectivity index (χ2v) is 4.37. The second kappa shape index (κ2) is 6.35. The van der Waals surface area contributed by atoms with Crippen molar-refractivity contribution < 1.29 is 4.79 Å². The van der Waals surface area contributed by atoms with Crippen molar-refractivity contribution in [2.45, 2.75) is 33.2 Å². The Balaban J connectivity index is 2.88. The van der Waals surface area contributed by atoms with E-state index in [0.717, 1.165) is 12.1 Å². The summed E-state index contributed by atoms with van der Waals surface area (Å²) in [4.78, 5) is 18.4. The van der Waals surface area contributed by atoms with Gasteiger partial charge < -0.3 is 10.6 Å². The molecule has 1 aromatic heterocycles. The van der Waals surface area contributed by atoms with Gasteiger partial charge in [0.05, 0.1) is 5.56 Å². The Kier molecular flexibility index (Phi) is 5.10. The van der Waals surface area contributed by atoms with Gasteiger partial charge in [0, 0.05) is 24.5 Å². The van der Waals surface area contributed by atoms with Gasteiger partial charge in [-0.3, -0.25) is 9.78 Å². The Morgan fingerprint density at radius 2 is 2.24 bits per heavy atom. The van der Waals surface area contributed by atoms with Crippen LogP contribution >= 0.6 is 0 Å². The summed E-state index contributed by atoms with van der Waals surface area (Å²) in [6.07, 6.45) is 2.52. The van der Waals surface area contributed by atoms with E-state index in [1.807, 2.05) is 31.7 Å². The number of rotatable bonds is 5. The van der Waals surface area contributed by atoms with E-state index in [1.54, 1.807) is 12.3 Å². The van der Waals surface area contributed by atoms with Crippen molar-refractivity contribution in [1.29, 1.82) is 0 Å². The summed E-state index contributed by atoms with van der Waals surface area (Å²) < 4.78 is 0. The lowest BCUT2D eigenvalue weighted by Crippen LogP contribution is -2.38. The number of amides is 1. The van der Waals surface area contributed by atoms with Crippen LogP contribution in [0.4, 0.5) is 0 Å². The van der Waals surface area contributed by atoms with Gasteiger partial charge in [-0.2, -0.15) is 0 Å². The van der Waals surface area contributed by atoms with Crippen LogP contribution in [0.15, 0.2) is 18.3 Å². The molecule has 0 spiro atoms. The van der Waals surface area contributed by atoms with Crippen LogP contribution in [0.2, 0.25) is 0 Å². The van der Waals surface area contributed by atoms with Crippen molar-refractivity contribution in [3.63, 3.8) is 0 Å². The normalized spacial score (nSPS) is 10.6. The third-order valence-electron chi connectivity index (χ3n) is 2.72. The number of hydrogen-bond acceptors (Lipinski definition) is 3. The summed E-state index contributed by atoms with van der Waals surface area (Å²) in [5, 5.41) is 0. The van der Waals surface area contributed by atoms with E-state index in [1.165, 1.54) is 0 Å². The highest BCUT2D eigenvalue weighted by Gasteiger charge is 2.19. The third-order valence-corrected chi connectivity index (χ3v) is 2.72. The summed E-state index contributed by atoms with van der Waals surface area (Å²) in [5.41, 5.74) is 6.95. The van der Waals surface area contributed by atoms with Gasteiger partial charge in [-0.25, -0.2) is 0 Å². The first kappa shape index (κ1) is 13.6. The summed E-state index contributed by atoms with van der Waals surface area (Å²) in [7, 11) is 0. The average molecular weight is 235 g/mol. The van der Waals surface area contributed by atoms with Crippen LogP contribution in [-0.2, 0) is 0 Å². The quantitative estimate of drug-likeness (QED) is 0.843. The topological polar surface area (TPSA) is 59.2 Å². The first-order valence-electron chi connectivity index (χ1n) is 6.00. The van der Waals surface area contributed by atoms with Crippen molar-refractivity contribution in [3.8, 4) is 0 Å². The van der Waals surface area contributed by atoms with E-state index in [9.17, 15) is 4.79 Å². The Morgan fingerprint density at radius 1 is 1.53 bits per heavy atom. The Labute approximate surface area is 103 Å². The minimum atomic E-state index is 0.0408. The maximum absolute atomic E-state index is 12.4. The molecular weight excluding hydrogens is 214 g/mol. The zero-order valence-corrected chi connectivity index (χ0v) is 10.8. The molecule has 0 fully saturated rings. The number of carbonyl (C=O) groups excluding carboxylic acids is 1. The van der Waals surface area contributed by atoms with Crippen LogP contribution in [0.3, 0.4) is 0 Å². The predicted octanol–water partition coefficient (Wildman–Crippen LogP) is 1.59. The molecular formula is C13H21N3O. The molecule has 0 atom stereocenters. The summed E-state index contributed by atoms with van der Waals surface area (Å²) >= 11 is 0. The highest BCUT2D eigenvalue weighted by Crippen LogP contribution is 2.11. The lowest BCUT2D eigenvalue weighted by molar-refractivity contribution is 0.0703. The van der Waals surface area contributed by atoms with Crippen molar-refractivity contribution in [1.82, 2.24) is 9.88 Å². The molecule has 0 bridgehead atoms. The van der Waals surface area contributed by atoms with Crippen molar-refractivity contribution >= 4 is 5.91 Å². The SMILES string of the molecule is Cc1ncccc1C(=O)N(CCCN)C(C)C. The van der Waals surface area contributed by atoms with Crippen LogP contribution in [0, 0.1) is 6.92 Å². The van der Waals surface area contributed by atoms with Crippen molar-refractivity contribution in [2.75, 3.05) is 13.1 Å². The molecule has 0 unspecified atom stereocenters. The maximum Gasteiger partial charge on any atom is 0.255 e. The second-order valence-electron chi connectivity index (χ2n) is 4.37. The molecule has 0 aromatic carbocycles. The van der Waals surface area contributed by atoms with Crippen molar-refractivity contribution in [2.24, 2.45) is 5.73 Å². The van der Waals surface area contributed by atoms with E-state index in [4.69, 9.17) is 5.73 Å². The van der Waals surface area contributed by atoms with Gasteiger partial charge in [0.2, 0.25) is 0 Å². The van der Waals surface area contributed by atoms with E-state index in [-0.39, 0.29) is 11.9 Å². The number of aromatic nitrogens is 1. The number of hydrogen-bond donors (Lipinski definition) is 1. The van der Waals surface area contributed by atoms with Crippen LogP contribution in [0.25, 0.3) is 0 Å². The van der Waals surface area contributed by atoms with Gasteiger partial charge in [-0.1, -0.05) is 0 Å². The van der Waals surface area contributed by atoms with Crippen LogP contribution in [-0.4, -0.2) is 34.9 Å². The number of pyridine rings is 1. The van der Waals surface area contributed by atoms with E-state index < -0.39 is 0 Å². The molecule has 1 rings (SSSR count). The molecule has 1 aromatic rings. The monoisotopic (exact) mass is 235 g/mol. The molecule has 1 heterocycles. The number of carbonyl (C=O) groups is 1. The van der Waals surface area contributed by atoms with E-state index >= 15 is 0 Å². The maximum atomic E-state index is 12.4. The molecule has 17 heavy (non-hydrogen) atoms. The average Bonchev–Trinajstić information content (AvgIpc) is 2.29. The molecule has 0 aliphatic heterocycles. The predicted molar refractivity (Wildman–Crippen MR) is 68.8 cm³/mol. The molecule has 0 aliphatic rings. The Bertz CT molecular complexity index is 377. The smallest absolute Gasteiger partial charge is 0.255 e. The van der Waals surface area contributed by atoms with Crippen LogP contribution in [0.5, 0.6) is 0 Å².